The summed E-state index contributed by atoms with van der Waals surface area (Å²) in [5, 5.41) is 20.7. The van der Waals surface area contributed by atoms with Crippen LogP contribution in [-0.4, -0.2) is 51.4 Å². The third kappa shape index (κ3) is 7.12. The molecule has 13 heteroatoms. The van der Waals surface area contributed by atoms with E-state index >= 15 is 0 Å². The van der Waals surface area contributed by atoms with Gasteiger partial charge in [-0.15, -0.1) is 23.7 Å². The van der Waals surface area contributed by atoms with Gasteiger partial charge in [0.2, 0.25) is 0 Å². The number of hydrogen-bond donors (Lipinski definition) is 4. The number of nitrogens with zero attached hydrogens (tertiary/aromatic N) is 2. The minimum atomic E-state index is -1.18. The first kappa shape index (κ1) is 31.5. The number of thiophene rings is 1. The average Bonchev–Trinajstić information content (AvgIpc) is 3.40. The molecule has 0 saturated heterocycles. The van der Waals surface area contributed by atoms with Crippen LogP contribution in [0.25, 0.3) is 20.9 Å². The highest BCUT2D eigenvalue weighted by Gasteiger charge is 2.22. The van der Waals surface area contributed by atoms with Gasteiger partial charge >= 0.3 is 17.9 Å². The molecule has 0 aliphatic carbocycles. The molecule has 0 aliphatic rings. The number of ether oxygens (including phenoxy) is 1. The smallest absolute Gasteiger partial charge is 0.345 e. The molecule has 0 radical (unpaired) electrons. The zero-order valence-electron chi connectivity index (χ0n) is 22.8. The normalized spacial score (nSPS) is 10.5. The third-order valence-corrected chi connectivity index (χ3v) is 7.54. The number of guanidine groups is 1. The van der Waals surface area contributed by atoms with Crippen molar-refractivity contribution in [2.75, 3.05) is 6.54 Å². The van der Waals surface area contributed by atoms with E-state index in [1.165, 1.54) is 17.0 Å². The summed E-state index contributed by atoms with van der Waals surface area (Å²) in [4.78, 5) is 54.7. The van der Waals surface area contributed by atoms with Crippen LogP contribution < -0.4 is 16.2 Å². The standard InChI is InChI=1S/C31H24N4O7S.ClH/c32-31(33)34-21-7-5-18(6-8-21)30(41)42-22-9-10-23-19(13-22)2-1-3-24(23)28(38)35(16-27(36)37)15-17-4-11-25-20(12-17)14-26(43-25)29(39)40;/h1-14H,15-16H2,(H,36,37)(H,39,40)(H4,32,33,34);1H. The van der Waals surface area contributed by atoms with E-state index in [2.05, 4.69) is 4.99 Å². The SMILES string of the molecule is Cl.NC(N)=Nc1ccc(C(=O)Oc2ccc3c(C(=O)N(CC(=O)O)Cc4ccc5sc(C(=O)O)cc5c4)cccc3c2)cc1. The molecule has 0 bridgehead atoms. The summed E-state index contributed by atoms with van der Waals surface area (Å²) < 4.78 is 6.30. The summed E-state index contributed by atoms with van der Waals surface area (Å²) in [6.45, 7) is -0.553. The van der Waals surface area contributed by atoms with Crippen LogP contribution in [0.5, 0.6) is 5.75 Å². The molecular formula is C31H25ClN4O7S. The Hall–Kier alpha value is -5.46. The van der Waals surface area contributed by atoms with E-state index in [1.54, 1.807) is 72.8 Å². The van der Waals surface area contributed by atoms with Crippen LogP contribution in [0.15, 0.2) is 89.9 Å². The first-order valence-corrected chi connectivity index (χ1v) is 13.6. The van der Waals surface area contributed by atoms with Crippen molar-refractivity contribution in [3.63, 3.8) is 0 Å². The Morgan fingerprint density at radius 3 is 2.30 bits per heavy atom. The summed E-state index contributed by atoms with van der Waals surface area (Å²) in [6, 6.07) is 22.8. The Bertz CT molecular complexity index is 1940. The maximum atomic E-state index is 13.7. The predicted molar refractivity (Wildman–Crippen MR) is 169 cm³/mol. The highest BCUT2D eigenvalue weighted by atomic mass is 35.5. The molecule has 1 aromatic heterocycles. The lowest BCUT2D eigenvalue weighted by Crippen LogP contribution is -2.35. The number of halogens is 1. The molecule has 11 nitrogen and oxygen atoms in total. The fourth-order valence-corrected chi connectivity index (χ4v) is 5.43. The van der Waals surface area contributed by atoms with Gasteiger partial charge in [0.1, 0.15) is 17.2 Å². The van der Waals surface area contributed by atoms with Crippen LogP contribution in [0.2, 0.25) is 0 Å². The van der Waals surface area contributed by atoms with Gasteiger partial charge in [-0.05, 0) is 88.5 Å². The van der Waals surface area contributed by atoms with Crippen LogP contribution in [-0.2, 0) is 11.3 Å². The zero-order valence-corrected chi connectivity index (χ0v) is 24.4. The second-order valence-corrected chi connectivity index (χ2v) is 10.6. The van der Waals surface area contributed by atoms with E-state index in [4.69, 9.17) is 16.2 Å². The van der Waals surface area contributed by atoms with E-state index in [-0.39, 0.29) is 46.7 Å². The number of carbonyl (C=O) groups excluding carboxylic acids is 2. The molecule has 0 spiro atoms. The van der Waals surface area contributed by atoms with Crippen molar-refractivity contribution >= 4 is 80.1 Å². The third-order valence-electron chi connectivity index (χ3n) is 6.43. The Balaban J connectivity index is 0.00000442. The van der Waals surface area contributed by atoms with E-state index in [9.17, 15) is 29.4 Å². The molecule has 0 atom stereocenters. The fraction of sp³-hybridized carbons (Fsp3) is 0.0645. The quantitative estimate of drug-likeness (QED) is 0.0748. The fourth-order valence-electron chi connectivity index (χ4n) is 4.55. The zero-order chi connectivity index (χ0) is 30.7. The number of esters is 1. The van der Waals surface area contributed by atoms with Crippen molar-refractivity contribution in [3.05, 3.63) is 106 Å². The number of carboxylic acids is 2. The number of carboxylic acid groups (broad SMARTS) is 2. The van der Waals surface area contributed by atoms with Crippen molar-refractivity contribution in [2.24, 2.45) is 16.5 Å². The first-order chi connectivity index (χ1) is 20.6. The summed E-state index contributed by atoms with van der Waals surface area (Å²) in [5.41, 5.74) is 12.4. The van der Waals surface area contributed by atoms with E-state index in [1.807, 2.05) is 0 Å². The van der Waals surface area contributed by atoms with Crippen molar-refractivity contribution < 1.29 is 34.1 Å². The summed E-state index contributed by atoms with van der Waals surface area (Å²) >= 11 is 1.14. The van der Waals surface area contributed by atoms with Gasteiger partial charge in [0, 0.05) is 16.8 Å². The van der Waals surface area contributed by atoms with Crippen molar-refractivity contribution in [2.45, 2.75) is 6.54 Å². The molecule has 0 unspecified atom stereocenters. The molecule has 5 aromatic rings. The van der Waals surface area contributed by atoms with Crippen LogP contribution in [0, 0.1) is 0 Å². The van der Waals surface area contributed by atoms with Crippen molar-refractivity contribution in [1.29, 1.82) is 0 Å². The van der Waals surface area contributed by atoms with E-state index < -0.39 is 30.4 Å². The predicted octanol–water partition coefficient (Wildman–Crippen LogP) is 5.03. The lowest BCUT2D eigenvalue weighted by atomic mass is 10.0. The molecule has 4 aromatic carbocycles. The minimum absolute atomic E-state index is 0. The molecule has 5 rings (SSSR count). The van der Waals surface area contributed by atoms with Crippen LogP contribution >= 0.6 is 23.7 Å². The van der Waals surface area contributed by atoms with Gasteiger partial charge in [-0.1, -0.05) is 18.2 Å². The minimum Gasteiger partial charge on any atom is -0.480 e. The molecule has 1 amide bonds. The molecule has 1 heterocycles. The highest BCUT2D eigenvalue weighted by molar-refractivity contribution is 7.20. The van der Waals surface area contributed by atoms with E-state index in [0.717, 1.165) is 16.0 Å². The van der Waals surface area contributed by atoms with Gasteiger partial charge < -0.3 is 31.3 Å². The van der Waals surface area contributed by atoms with Crippen LogP contribution in [0.4, 0.5) is 5.69 Å². The number of fused-ring (bicyclic) bond motifs is 2. The monoisotopic (exact) mass is 632 g/mol. The Labute approximate surface area is 260 Å². The number of amides is 1. The summed E-state index contributed by atoms with van der Waals surface area (Å²) in [6.07, 6.45) is 0. The number of benzene rings is 4. The number of hydrogen-bond acceptors (Lipinski definition) is 7. The van der Waals surface area contributed by atoms with Gasteiger partial charge in [0.15, 0.2) is 5.96 Å². The maximum absolute atomic E-state index is 13.7. The number of aromatic carboxylic acids is 1. The van der Waals surface area contributed by atoms with Gasteiger partial charge in [0.25, 0.3) is 5.91 Å². The first-order valence-electron chi connectivity index (χ1n) is 12.8. The molecule has 0 fully saturated rings. The Kier molecular flexibility index (Phi) is 9.47. The molecule has 0 aliphatic heterocycles. The lowest BCUT2D eigenvalue weighted by molar-refractivity contribution is -0.137. The lowest BCUT2D eigenvalue weighted by Gasteiger charge is -2.22. The topological polar surface area (TPSA) is 186 Å². The Morgan fingerprint density at radius 2 is 1.61 bits per heavy atom. The van der Waals surface area contributed by atoms with Crippen LogP contribution in [0.1, 0.15) is 36.0 Å². The maximum Gasteiger partial charge on any atom is 0.345 e. The molecule has 224 valence electrons. The average molecular weight is 633 g/mol. The van der Waals surface area contributed by atoms with Gasteiger partial charge in [-0.25, -0.2) is 14.6 Å². The van der Waals surface area contributed by atoms with E-state index in [0.29, 0.717) is 27.4 Å². The Morgan fingerprint density at radius 1 is 0.864 bits per heavy atom. The van der Waals surface area contributed by atoms with Crippen molar-refractivity contribution in [3.8, 4) is 5.75 Å². The molecule has 44 heavy (non-hydrogen) atoms. The molecule has 0 saturated carbocycles. The number of rotatable bonds is 9. The largest absolute Gasteiger partial charge is 0.480 e. The number of carbonyl (C=O) groups is 4. The number of aliphatic carboxylic acids is 1. The van der Waals surface area contributed by atoms with Gasteiger partial charge in [0.05, 0.1) is 11.3 Å². The number of nitrogens with two attached hydrogens (primary N) is 2. The van der Waals surface area contributed by atoms with Gasteiger partial charge in [-0.2, -0.15) is 0 Å². The van der Waals surface area contributed by atoms with Crippen molar-refractivity contribution in [1.82, 2.24) is 4.90 Å². The van der Waals surface area contributed by atoms with Crippen LogP contribution in [0.3, 0.4) is 0 Å². The highest BCUT2D eigenvalue weighted by Crippen LogP contribution is 2.29. The second kappa shape index (κ2) is 13.2. The summed E-state index contributed by atoms with van der Waals surface area (Å²) in [7, 11) is 0. The molecule has 6 N–H and O–H groups in total. The number of aliphatic imine (C=N–C) groups is 1. The summed E-state index contributed by atoms with van der Waals surface area (Å²) in [5.74, 6) is -3.17. The van der Waals surface area contributed by atoms with Gasteiger partial charge in [-0.3, -0.25) is 9.59 Å². The second-order valence-electron chi connectivity index (χ2n) is 9.50. The molecular weight excluding hydrogens is 608 g/mol.